The molecular formula is C11H8ClFN2O4. The molecule has 1 unspecified atom stereocenters. The summed E-state index contributed by atoms with van der Waals surface area (Å²) in [4.78, 5) is 34.8. The molecule has 1 aliphatic rings. The van der Waals surface area contributed by atoms with Gasteiger partial charge in [0.2, 0.25) is 0 Å². The maximum atomic E-state index is 13.7. The van der Waals surface area contributed by atoms with Gasteiger partial charge in [-0.05, 0) is 12.1 Å². The SMILES string of the molecule is NC(CN1C(=O)C(=O)c2c(Cl)ccc(F)c21)C(=O)O. The summed E-state index contributed by atoms with van der Waals surface area (Å²) in [6.45, 7) is -0.510. The molecule has 1 aromatic carbocycles. The number of carboxylic acid groups (broad SMARTS) is 1. The number of Topliss-reactive ketones (excluding diaryl/α,β-unsaturated/α-hetero) is 1. The summed E-state index contributed by atoms with van der Waals surface area (Å²) in [6.07, 6.45) is 0. The van der Waals surface area contributed by atoms with E-state index in [0.717, 1.165) is 12.1 Å². The fourth-order valence-corrected chi connectivity index (χ4v) is 2.04. The van der Waals surface area contributed by atoms with Crippen molar-refractivity contribution in [2.75, 3.05) is 11.4 Å². The lowest BCUT2D eigenvalue weighted by Crippen LogP contribution is -2.45. The molecule has 1 aliphatic heterocycles. The molecule has 1 atom stereocenters. The monoisotopic (exact) mass is 286 g/mol. The van der Waals surface area contributed by atoms with Crippen LogP contribution in [0.2, 0.25) is 5.02 Å². The van der Waals surface area contributed by atoms with E-state index >= 15 is 0 Å². The largest absolute Gasteiger partial charge is 0.480 e. The third-order valence-electron chi connectivity index (χ3n) is 2.71. The maximum absolute atomic E-state index is 13.7. The number of carboxylic acids is 1. The van der Waals surface area contributed by atoms with E-state index in [1.54, 1.807) is 0 Å². The molecule has 1 aromatic rings. The zero-order valence-corrected chi connectivity index (χ0v) is 10.1. The normalized spacial score (nSPS) is 15.6. The van der Waals surface area contributed by atoms with Crippen LogP contribution in [-0.4, -0.2) is 35.4 Å². The molecule has 6 nitrogen and oxygen atoms in total. The van der Waals surface area contributed by atoms with Crippen molar-refractivity contribution in [1.82, 2.24) is 0 Å². The number of nitrogens with two attached hydrogens (primary N) is 1. The number of ketones is 1. The molecule has 0 aromatic heterocycles. The lowest BCUT2D eigenvalue weighted by Gasteiger charge is -2.19. The summed E-state index contributed by atoms with van der Waals surface area (Å²) in [5.74, 6) is -4.22. The number of carbonyl (C=O) groups excluding carboxylic acids is 2. The van der Waals surface area contributed by atoms with Crippen LogP contribution in [0.1, 0.15) is 10.4 Å². The van der Waals surface area contributed by atoms with Crippen molar-refractivity contribution >= 4 is 34.9 Å². The molecule has 0 saturated carbocycles. The Kier molecular flexibility index (Phi) is 3.25. The molecule has 2 rings (SSSR count). The summed E-state index contributed by atoms with van der Waals surface area (Å²) in [5, 5.41) is 8.63. The standard InChI is InChI=1S/C11H8ClFN2O4/c12-4-1-2-5(13)8-7(4)9(16)10(17)15(8)3-6(14)11(18)19/h1-2,6H,3,14H2,(H,18,19). The van der Waals surface area contributed by atoms with Gasteiger partial charge in [0.15, 0.2) is 0 Å². The van der Waals surface area contributed by atoms with Crippen molar-refractivity contribution < 1.29 is 23.9 Å². The summed E-state index contributed by atoms with van der Waals surface area (Å²) >= 11 is 5.75. The molecule has 0 fully saturated rings. The summed E-state index contributed by atoms with van der Waals surface area (Å²) in [7, 11) is 0. The average Bonchev–Trinajstić information content (AvgIpc) is 2.60. The van der Waals surface area contributed by atoms with Gasteiger partial charge in [-0.3, -0.25) is 19.3 Å². The molecule has 100 valence electrons. The van der Waals surface area contributed by atoms with E-state index < -0.39 is 36.1 Å². The summed E-state index contributed by atoms with van der Waals surface area (Å²) in [5.41, 5.74) is 4.71. The molecule has 0 radical (unpaired) electrons. The van der Waals surface area contributed by atoms with Crippen molar-refractivity contribution in [1.29, 1.82) is 0 Å². The molecule has 0 spiro atoms. The van der Waals surface area contributed by atoms with Gasteiger partial charge in [-0.15, -0.1) is 0 Å². The van der Waals surface area contributed by atoms with Gasteiger partial charge in [0.05, 0.1) is 22.8 Å². The van der Waals surface area contributed by atoms with Gasteiger partial charge in [-0.2, -0.15) is 0 Å². The van der Waals surface area contributed by atoms with Crippen LogP contribution in [0.5, 0.6) is 0 Å². The first-order chi connectivity index (χ1) is 8.84. The minimum atomic E-state index is -1.43. The van der Waals surface area contributed by atoms with E-state index in [2.05, 4.69) is 0 Å². The van der Waals surface area contributed by atoms with Crippen LogP contribution in [0.15, 0.2) is 12.1 Å². The zero-order chi connectivity index (χ0) is 14.3. The molecule has 1 heterocycles. The quantitative estimate of drug-likeness (QED) is 0.784. The molecule has 3 N–H and O–H groups in total. The Morgan fingerprint density at radius 2 is 2.11 bits per heavy atom. The van der Waals surface area contributed by atoms with E-state index in [1.807, 2.05) is 0 Å². The molecule has 0 aliphatic carbocycles. The lowest BCUT2D eigenvalue weighted by atomic mass is 10.1. The lowest BCUT2D eigenvalue weighted by molar-refractivity contribution is -0.138. The third-order valence-corrected chi connectivity index (χ3v) is 3.03. The van der Waals surface area contributed by atoms with Crippen molar-refractivity contribution in [2.24, 2.45) is 5.73 Å². The highest BCUT2D eigenvalue weighted by Crippen LogP contribution is 2.36. The number of nitrogens with zero attached hydrogens (tertiary/aromatic N) is 1. The number of amides is 1. The Bertz CT molecular complexity index is 605. The average molecular weight is 287 g/mol. The van der Waals surface area contributed by atoms with Crippen LogP contribution >= 0.6 is 11.6 Å². The van der Waals surface area contributed by atoms with Gasteiger partial charge in [-0.25, -0.2) is 4.39 Å². The van der Waals surface area contributed by atoms with E-state index in [1.165, 1.54) is 0 Å². The highest BCUT2D eigenvalue weighted by molar-refractivity contribution is 6.55. The van der Waals surface area contributed by atoms with E-state index in [9.17, 15) is 18.8 Å². The number of aliphatic carboxylic acids is 1. The van der Waals surface area contributed by atoms with Gasteiger partial charge in [0, 0.05) is 0 Å². The van der Waals surface area contributed by atoms with Crippen LogP contribution in [0.3, 0.4) is 0 Å². The number of fused-ring (bicyclic) bond motifs is 1. The van der Waals surface area contributed by atoms with Crippen molar-refractivity contribution in [3.05, 3.63) is 28.5 Å². The van der Waals surface area contributed by atoms with E-state index in [-0.39, 0.29) is 16.3 Å². The minimum absolute atomic E-state index is 0.0684. The first-order valence-corrected chi connectivity index (χ1v) is 5.55. The molecule has 19 heavy (non-hydrogen) atoms. The van der Waals surface area contributed by atoms with Crippen LogP contribution < -0.4 is 10.6 Å². The number of halogens is 2. The number of hydrogen-bond acceptors (Lipinski definition) is 4. The third kappa shape index (κ3) is 2.06. The van der Waals surface area contributed by atoms with Crippen LogP contribution in [-0.2, 0) is 9.59 Å². The Hall–Kier alpha value is -1.99. The molecule has 0 saturated heterocycles. The van der Waals surface area contributed by atoms with E-state index in [0.29, 0.717) is 4.90 Å². The fourth-order valence-electron chi connectivity index (χ4n) is 1.80. The van der Waals surface area contributed by atoms with Gasteiger partial charge < -0.3 is 10.8 Å². The number of carbonyl (C=O) groups is 3. The Labute approximate surface area is 111 Å². The Morgan fingerprint density at radius 1 is 1.47 bits per heavy atom. The Morgan fingerprint density at radius 3 is 2.68 bits per heavy atom. The molecule has 1 amide bonds. The number of rotatable bonds is 3. The fraction of sp³-hybridized carbons (Fsp3) is 0.182. The van der Waals surface area contributed by atoms with Crippen LogP contribution in [0.25, 0.3) is 0 Å². The Balaban J connectivity index is 2.50. The number of hydrogen-bond donors (Lipinski definition) is 2. The number of benzene rings is 1. The van der Waals surface area contributed by atoms with Gasteiger partial charge >= 0.3 is 5.97 Å². The maximum Gasteiger partial charge on any atom is 0.322 e. The highest BCUT2D eigenvalue weighted by Gasteiger charge is 2.41. The molecule has 8 heteroatoms. The first kappa shape index (κ1) is 13.4. The number of anilines is 1. The van der Waals surface area contributed by atoms with Gasteiger partial charge in [-0.1, -0.05) is 11.6 Å². The zero-order valence-electron chi connectivity index (χ0n) is 9.39. The summed E-state index contributed by atoms with van der Waals surface area (Å²) in [6, 6.07) is 0.717. The summed E-state index contributed by atoms with van der Waals surface area (Å²) < 4.78 is 13.7. The van der Waals surface area contributed by atoms with Gasteiger partial charge in [0.1, 0.15) is 11.9 Å². The second-order valence-corrected chi connectivity index (χ2v) is 4.35. The van der Waals surface area contributed by atoms with Crippen molar-refractivity contribution in [3.8, 4) is 0 Å². The van der Waals surface area contributed by atoms with E-state index in [4.69, 9.17) is 22.4 Å². The predicted molar refractivity (Wildman–Crippen MR) is 63.7 cm³/mol. The van der Waals surface area contributed by atoms with Crippen molar-refractivity contribution in [2.45, 2.75) is 6.04 Å². The first-order valence-electron chi connectivity index (χ1n) is 5.17. The van der Waals surface area contributed by atoms with Gasteiger partial charge in [0.25, 0.3) is 11.7 Å². The molecule has 0 bridgehead atoms. The predicted octanol–water partition coefficient (Wildman–Crippen LogP) is 0.420. The van der Waals surface area contributed by atoms with Crippen molar-refractivity contribution in [3.63, 3.8) is 0 Å². The molecular weight excluding hydrogens is 279 g/mol. The highest BCUT2D eigenvalue weighted by atomic mass is 35.5. The van der Waals surface area contributed by atoms with Crippen LogP contribution in [0, 0.1) is 5.82 Å². The topological polar surface area (TPSA) is 101 Å². The smallest absolute Gasteiger partial charge is 0.322 e. The minimum Gasteiger partial charge on any atom is -0.480 e. The second kappa shape index (κ2) is 4.60. The second-order valence-electron chi connectivity index (χ2n) is 3.94. The van der Waals surface area contributed by atoms with Crippen LogP contribution in [0.4, 0.5) is 10.1 Å².